The van der Waals surface area contributed by atoms with Crippen molar-refractivity contribution in [2.24, 2.45) is 0 Å². The number of benzene rings is 2. The van der Waals surface area contributed by atoms with E-state index >= 15 is 0 Å². The van der Waals surface area contributed by atoms with Crippen molar-refractivity contribution >= 4 is 60.3 Å². The summed E-state index contributed by atoms with van der Waals surface area (Å²) in [5.74, 6) is 0.419. The lowest BCUT2D eigenvalue weighted by Crippen LogP contribution is -2.13. The molecule has 27 heavy (non-hydrogen) atoms. The molecule has 4 rings (SSSR count). The van der Waals surface area contributed by atoms with Gasteiger partial charge in [-0.15, -0.1) is 10.2 Å². The normalized spacial score (nSPS) is 11.0. The van der Waals surface area contributed by atoms with Crippen LogP contribution < -0.4 is 5.32 Å². The number of thiazole rings is 1. The van der Waals surface area contributed by atoms with E-state index in [1.54, 1.807) is 0 Å². The molecule has 0 bridgehead atoms. The highest BCUT2D eigenvalue weighted by molar-refractivity contribution is 9.10. The third-order valence-corrected chi connectivity index (χ3v) is 5.90. The molecular formula is C18H13BrN4O2S2. The number of fused-ring (bicyclic) bond motifs is 1. The minimum absolute atomic E-state index is 0.164. The number of carbonyl (C=O) groups is 1. The van der Waals surface area contributed by atoms with E-state index in [0.29, 0.717) is 16.2 Å². The van der Waals surface area contributed by atoms with Crippen molar-refractivity contribution in [3.05, 3.63) is 52.5 Å². The molecule has 0 aliphatic heterocycles. The predicted molar refractivity (Wildman–Crippen MR) is 111 cm³/mol. The summed E-state index contributed by atoms with van der Waals surface area (Å²) in [5, 5.41) is 11.8. The molecule has 136 valence electrons. The van der Waals surface area contributed by atoms with Crippen LogP contribution in [0.3, 0.4) is 0 Å². The molecule has 9 heteroatoms. The quantitative estimate of drug-likeness (QED) is 0.414. The molecule has 0 atom stereocenters. The molecular weight excluding hydrogens is 448 g/mol. The Morgan fingerprint density at radius 2 is 2.04 bits per heavy atom. The number of carbonyl (C=O) groups excluding carboxylic acids is 1. The van der Waals surface area contributed by atoms with Gasteiger partial charge in [0.2, 0.25) is 11.8 Å². The van der Waals surface area contributed by atoms with Crippen LogP contribution in [-0.4, -0.2) is 26.8 Å². The molecule has 1 amide bonds. The van der Waals surface area contributed by atoms with Crippen LogP contribution in [-0.2, 0) is 4.79 Å². The zero-order valence-corrected chi connectivity index (χ0v) is 17.3. The summed E-state index contributed by atoms with van der Waals surface area (Å²) in [5.41, 5.74) is 2.87. The Balaban J connectivity index is 1.36. The van der Waals surface area contributed by atoms with E-state index in [2.05, 4.69) is 42.5 Å². The number of rotatable bonds is 5. The first kappa shape index (κ1) is 18.1. The van der Waals surface area contributed by atoms with Gasteiger partial charge in [0.15, 0.2) is 5.13 Å². The van der Waals surface area contributed by atoms with Crippen molar-refractivity contribution in [2.45, 2.75) is 12.1 Å². The van der Waals surface area contributed by atoms with Crippen LogP contribution >= 0.6 is 39.0 Å². The number of amides is 1. The predicted octanol–water partition coefficient (Wildman–Crippen LogP) is 5.15. The van der Waals surface area contributed by atoms with Gasteiger partial charge in [0, 0.05) is 10.0 Å². The molecule has 6 nitrogen and oxygen atoms in total. The van der Waals surface area contributed by atoms with Crippen molar-refractivity contribution in [1.29, 1.82) is 0 Å². The largest absolute Gasteiger partial charge is 0.411 e. The molecule has 0 radical (unpaired) electrons. The Kier molecular flexibility index (Phi) is 5.24. The highest BCUT2D eigenvalue weighted by atomic mass is 79.9. The molecule has 2 heterocycles. The van der Waals surface area contributed by atoms with E-state index in [1.807, 2.05) is 43.3 Å². The number of aryl methyl sites for hydroxylation is 1. The zero-order chi connectivity index (χ0) is 18.8. The van der Waals surface area contributed by atoms with Crippen LogP contribution in [0.25, 0.3) is 21.7 Å². The van der Waals surface area contributed by atoms with Gasteiger partial charge in [0.05, 0.1) is 16.0 Å². The van der Waals surface area contributed by atoms with Gasteiger partial charge in [-0.25, -0.2) is 4.98 Å². The van der Waals surface area contributed by atoms with Gasteiger partial charge >= 0.3 is 0 Å². The van der Waals surface area contributed by atoms with Crippen molar-refractivity contribution < 1.29 is 9.21 Å². The Morgan fingerprint density at radius 1 is 1.22 bits per heavy atom. The maximum Gasteiger partial charge on any atom is 0.277 e. The van der Waals surface area contributed by atoms with Crippen LogP contribution in [0.15, 0.2) is 56.6 Å². The third kappa shape index (κ3) is 4.37. The van der Waals surface area contributed by atoms with Gasteiger partial charge in [-0.05, 0) is 48.9 Å². The maximum absolute atomic E-state index is 12.2. The Labute approximate surface area is 171 Å². The van der Waals surface area contributed by atoms with Crippen molar-refractivity contribution in [3.63, 3.8) is 0 Å². The highest BCUT2D eigenvalue weighted by Crippen LogP contribution is 2.28. The number of nitrogens with one attached hydrogen (secondary N) is 1. The summed E-state index contributed by atoms with van der Waals surface area (Å²) >= 11 is 6.03. The van der Waals surface area contributed by atoms with Crippen LogP contribution in [0.2, 0.25) is 0 Å². The van der Waals surface area contributed by atoms with Crippen LogP contribution in [0.4, 0.5) is 5.13 Å². The first-order valence-electron chi connectivity index (χ1n) is 7.96. The molecule has 2 aromatic carbocycles. The minimum atomic E-state index is -0.167. The lowest BCUT2D eigenvalue weighted by Gasteiger charge is -1.98. The second kappa shape index (κ2) is 7.79. The number of hydrogen-bond acceptors (Lipinski definition) is 7. The number of hydrogen-bond donors (Lipinski definition) is 1. The van der Waals surface area contributed by atoms with Crippen LogP contribution in [0.1, 0.15) is 5.56 Å². The number of nitrogens with zero attached hydrogens (tertiary/aromatic N) is 3. The summed E-state index contributed by atoms with van der Waals surface area (Å²) in [7, 11) is 0. The molecule has 0 aliphatic carbocycles. The van der Waals surface area contributed by atoms with Gasteiger partial charge in [-0.2, -0.15) is 0 Å². The first-order chi connectivity index (χ1) is 13.1. The standard InChI is InChI=1S/C18H13BrN4O2S2/c1-10-2-7-13-14(8-10)27-17(20-13)21-15(24)9-26-18-23-22-16(25-18)11-3-5-12(19)6-4-11/h2-8H,9H2,1H3,(H,20,21,24). The Hall–Kier alpha value is -2.23. The minimum Gasteiger partial charge on any atom is -0.411 e. The zero-order valence-electron chi connectivity index (χ0n) is 14.1. The van der Waals surface area contributed by atoms with E-state index in [1.165, 1.54) is 23.1 Å². The summed E-state index contributed by atoms with van der Waals surface area (Å²) in [4.78, 5) is 16.6. The SMILES string of the molecule is Cc1ccc2nc(NC(=O)CSc3nnc(-c4ccc(Br)cc4)o3)sc2c1. The molecule has 0 unspecified atom stereocenters. The molecule has 0 saturated heterocycles. The topological polar surface area (TPSA) is 80.9 Å². The van der Waals surface area contributed by atoms with Crippen LogP contribution in [0, 0.1) is 6.92 Å². The molecule has 2 aromatic heterocycles. The van der Waals surface area contributed by atoms with Gasteiger partial charge in [0.25, 0.3) is 5.22 Å². The van der Waals surface area contributed by atoms with E-state index in [-0.39, 0.29) is 11.7 Å². The molecule has 0 fully saturated rings. The average Bonchev–Trinajstić information content (AvgIpc) is 3.26. The van der Waals surface area contributed by atoms with E-state index in [9.17, 15) is 4.79 Å². The summed E-state index contributed by atoms with van der Waals surface area (Å²) < 4.78 is 7.63. The van der Waals surface area contributed by atoms with E-state index in [0.717, 1.165) is 25.8 Å². The number of anilines is 1. The average molecular weight is 461 g/mol. The van der Waals surface area contributed by atoms with Gasteiger partial charge in [-0.1, -0.05) is 45.1 Å². The summed E-state index contributed by atoms with van der Waals surface area (Å²) in [6.45, 7) is 2.03. The second-order valence-corrected chi connectivity index (χ2v) is 8.58. The summed E-state index contributed by atoms with van der Waals surface area (Å²) in [6.07, 6.45) is 0. The molecule has 1 N–H and O–H groups in total. The second-order valence-electron chi connectivity index (χ2n) is 5.71. The molecule has 0 aliphatic rings. The molecule has 0 saturated carbocycles. The van der Waals surface area contributed by atoms with Crippen LogP contribution in [0.5, 0.6) is 0 Å². The highest BCUT2D eigenvalue weighted by Gasteiger charge is 2.13. The van der Waals surface area contributed by atoms with Crippen molar-refractivity contribution in [2.75, 3.05) is 11.1 Å². The van der Waals surface area contributed by atoms with Crippen molar-refractivity contribution in [3.8, 4) is 11.5 Å². The fourth-order valence-electron chi connectivity index (χ4n) is 2.35. The number of thioether (sulfide) groups is 1. The fraction of sp³-hybridized carbons (Fsp3) is 0.111. The van der Waals surface area contributed by atoms with Gasteiger partial charge in [-0.3, -0.25) is 4.79 Å². The first-order valence-corrected chi connectivity index (χ1v) is 10.6. The third-order valence-electron chi connectivity index (χ3n) is 3.61. The fourth-order valence-corrected chi connectivity index (χ4v) is 4.15. The Bertz CT molecular complexity index is 1110. The maximum atomic E-state index is 12.2. The Morgan fingerprint density at radius 3 is 2.85 bits per heavy atom. The van der Waals surface area contributed by atoms with E-state index in [4.69, 9.17) is 4.42 Å². The molecule has 4 aromatic rings. The number of halogens is 1. The van der Waals surface area contributed by atoms with Gasteiger partial charge < -0.3 is 9.73 Å². The monoisotopic (exact) mass is 460 g/mol. The number of aromatic nitrogens is 3. The van der Waals surface area contributed by atoms with Crippen molar-refractivity contribution in [1.82, 2.24) is 15.2 Å². The molecule has 0 spiro atoms. The smallest absolute Gasteiger partial charge is 0.277 e. The summed E-state index contributed by atoms with van der Waals surface area (Å²) in [6, 6.07) is 13.6. The lowest BCUT2D eigenvalue weighted by atomic mass is 10.2. The van der Waals surface area contributed by atoms with E-state index < -0.39 is 0 Å². The van der Waals surface area contributed by atoms with Gasteiger partial charge in [0.1, 0.15) is 0 Å². The lowest BCUT2D eigenvalue weighted by molar-refractivity contribution is -0.113.